The molecule has 0 spiro atoms. The number of carbonyl (C=O) groups is 1. The molecule has 0 atom stereocenters. The van der Waals surface area contributed by atoms with Crippen LogP contribution in [-0.4, -0.2) is 25.2 Å². The average Bonchev–Trinajstić information content (AvgIpc) is 2.46. The molecule has 1 heterocycles. The Labute approximate surface area is 105 Å². The van der Waals surface area contributed by atoms with E-state index in [-0.39, 0.29) is 5.69 Å². The van der Waals surface area contributed by atoms with Gasteiger partial charge in [-0.2, -0.15) is 0 Å². The summed E-state index contributed by atoms with van der Waals surface area (Å²) in [7, 11) is 2.93. The Kier molecular flexibility index (Phi) is 3.57. The van der Waals surface area contributed by atoms with Crippen molar-refractivity contribution in [3.63, 3.8) is 0 Å². The van der Waals surface area contributed by atoms with Gasteiger partial charge < -0.3 is 9.47 Å². The van der Waals surface area contributed by atoms with Crippen molar-refractivity contribution in [1.82, 2.24) is 4.98 Å². The van der Waals surface area contributed by atoms with Gasteiger partial charge in [-0.1, -0.05) is 18.2 Å². The highest BCUT2D eigenvalue weighted by atomic mass is 16.5. The van der Waals surface area contributed by atoms with Crippen LogP contribution in [0.5, 0.6) is 5.75 Å². The number of nitrogens with zero attached hydrogens (tertiary/aromatic N) is 1. The molecule has 0 aliphatic heterocycles. The standard InChI is InChI=1S/C14H13NO3/c1-17-13-9-4-3-6-10(13)11-7-5-8-12(15-11)14(16)18-2/h3-9H,1-2H3. The largest absolute Gasteiger partial charge is 0.496 e. The number of benzene rings is 1. The van der Waals surface area contributed by atoms with Gasteiger partial charge in [-0.3, -0.25) is 0 Å². The monoisotopic (exact) mass is 243 g/mol. The van der Waals surface area contributed by atoms with Crippen molar-refractivity contribution >= 4 is 5.97 Å². The van der Waals surface area contributed by atoms with Gasteiger partial charge >= 0.3 is 5.97 Å². The quantitative estimate of drug-likeness (QED) is 0.777. The summed E-state index contributed by atoms with van der Waals surface area (Å²) in [6.45, 7) is 0. The predicted molar refractivity (Wildman–Crippen MR) is 67.6 cm³/mol. The van der Waals surface area contributed by atoms with E-state index in [1.54, 1.807) is 19.2 Å². The van der Waals surface area contributed by atoms with Gasteiger partial charge in [-0.15, -0.1) is 0 Å². The van der Waals surface area contributed by atoms with Crippen LogP contribution in [0, 0.1) is 0 Å². The van der Waals surface area contributed by atoms with Crippen LogP contribution in [0.1, 0.15) is 10.5 Å². The lowest BCUT2D eigenvalue weighted by atomic mass is 10.1. The number of hydrogen-bond acceptors (Lipinski definition) is 4. The number of esters is 1. The van der Waals surface area contributed by atoms with Crippen LogP contribution < -0.4 is 4.74 Å². The molecule has 0 saturated heterocycles. The van der Waals surface area contributed by atoms with E-state index in [1.807, 2.05) is 30.3 Å². The third kappa shape index (κ3) is 2.32. The van der Waals surface area contributed by atoms with E-state index in [0.717, 1.165) is 5.56 Å². The van der Waals surface area contributed by atoms with Crippen LogP contribution in [-0.2, 0) is 4.74 Å². The minimum Gasteiger partial charge on any atom is -0.496 e. The molecule has 0 bridgehead atoms. The third-order valence-corrected chi connectivity index (χ3v) is 2.53. The van der Waals surface area contributed by atoms with Crippen molar-refractivity contribution in [3.8, 4) is 17.0 Å². The summed E-state index contributed by atoms with van der Waals surface area (Å²) in [4.78, 5) is 15.7. The van der Waals surface area contributed by atoms with E-state index in [2.05, 4.69) is 9.72 Å². The predicted octanol–water partition coefficient (Wildman–Crippen LogP) is 2.54. The lowest BCUT2D eigenvalue weighted by molar-refractivity contribution is 0.0594. The van der Waals surface area contributed by atoms with Gasteiger partial charge in [0.2, 0.25) is 0 Å². The minimum atomic E-state index is -0.452. The van der Waals surface area contributed by atoms with E-state index in [0.29, 0.717) is 11.4 Å². The van der Waals surface area contributed by atoms with Gasteiger partial charge in [0.15, 0.2) is 0 Å². The molecule has 4 nitrogen and oxygen atoms in total. The number of methoxy groups -OCH3 is 2. The van der Waals surface area contributed by atoms with Gasteiger partial charge in [-0.25, -0.2) is 9.78 Å². The molecule has 4 heteroatoms. The topological polar surface area (TPSA) is 48.4 Å². The van der Waals surface area contributed by atoms with Gasteiger partial charge in [0, 0.05) is 5.56 Å². The summed E-state index contributed by atoms with van der Waals surface area (Å²) in [5.41, 5.74) is 1.79. The molecule has 2 rings (SSSR count). The maximum atomic E-state index is 11.4. The number of ether oxygens (including phenoxy) is 2. The molecule has 2 aromatic rings. The lowest BCUT2D eigenvalue weighted by Crippen LogP contribution is -2.04. The molecule has 18 heavy (non-hydrogen) atoms. The van der Waals surface area contributed by atoms with Crippen LogP contribution in [0.2, 0.25) is 0 Å². The second-order valence-corrected chi connectivity index (χ2v) is 3.60. The number of para-hydroxylation sites is 1. The molecule has 0 aliphatic rings. The van der Waals surface area contributed by atoms with Crippen LogP contribution in [0.4, 0.5) is 0 Å². The molecule has 0 radical (unpaired) electrons. The highest BCUT2D eigenvalue weighted by Crippen LogP contribution is 2.27. The van der Waals surface area contributed by atoms with Crippen molar-refractivity contribution in [3.05, 3.63) is 48.2 Å². The second-order valence-electron chi connectivity index (χ2n) is 3.60. The Bertz CT molecular complexity index is 566. The Morgan fingerprint density at radius 2 is 1.83 bits per heavy atom. The number of carbonyl (C=O) groups excluding carboxylic acids is 1. The number of aromatic nitrogens is 1. The highest BCUT2D eigenvalue weighted by Gasteiger charge is 2.11. The first-order valence-electron chi connectivity index (χ1n) is 5.45. The number of rotatable bonds is 3. The Morgan fingerprint density at radius 1 is 1.06 bits per heavy atom. The first-order chi connectivity index (χ1) is 8.76. The molecule has 0 aliphatic carbocycles. The average molecular weight is 243 g/mol. The summed E-state index contributed by atoms with van der Waals surface area (Å²) < 4.78 is 9.92. The normalized spacial score (nSPS) is 9.89. The fourth-order valence-corrected chi connectivity index (χ4v) is 1.66. The van der Waals surface area contributed by atoms with Gasteiger partial charge in [0.1, 0.15) is 11.4 Å². The molecule has 0 saturated carbocycles. The smallest absolute Gasteiger partial charge is 0.356 e. The molecule has 0 amide bonds. The first kappa shape index (κ1) is 12.1. The summed E-state index contributed by atoms with van der Waals surface area (Å²) in [5, 5.41) is 0. The highest BCUT2D eigenvalue weighted by molar-refractivity contribution is 5.88. The Balaban J connectivity index is 2.48. The zero-order chi connectivity index (χ0) is 13.0. The van der Waals surface area contributed by atoms with E-state index < -0.39 is 5.97 Å². The second kappa shape index (κ2) is 5.31. The van der Waals surface area contributed by atoms with Crippen LogP contribution >= 0.6 is 0 Å². The Hall–Kier alpha value is -2.36. The third-order valence-electron chi connectivity index (χ3n) is 2.53. The van der Waals surface area contributed by atoms with Crippen LogP contribution in [0.3, 0.4) is 0 Å². The van der Waals surface area contributed by atoms with Gasteiger partial charge in [0.05, 0.1) is 19.9 Å². The van der Waals surface area contributed by atoms with Gasteiger partial charge in [0.25, 0.3) is 0 Å². The molecular formula is C14H13NO3. The molecule has 1 aromatic heterocycles. The molecule has 0 N–H and O–H groups in total. The van der Waals surface area contributed by atoms with Crippen molar-refractivity contribution in [2.24, 2.45) is 0 Å². The SMILES string of the molecule is COC(=O)c1cccc(-c2ccccc2OC)n1. The fraction of sp³-hybridized carbons (Fsp3) is 0.143. The number of pyridine rings is 1. The van der Waals surface area contributed by atoms with Gasteiger partial charge in [-0.05, 0) is 24.3 Å². The molecule has 0 fully saturated rings. The van der Waals surface area contributed by atoms with Crippen molar-refractivity contribution in [2.75, 3.05) is 14.2 Å². The molecule has 92 valence electrons. The van der Waals surface area contributed by atoms with Crippen molar-refractivity contribution in [1.29, 1.82) is 0 Å². The van der Waals surface area contributed by atoms with Crippen LogP contribution in [0.25, 0.3) is 11.3 Å². The van der Waals surface area contributed by atoms with E-state index >= 15 is 0 Å². The fourth-order valence-electron chi connectivity index (χ4n) is 1.66. The molecular weight excluding hydrogens is 230 g/mol. The first-order valence-corrected chi connectivity index (χ1v) is 5.45. The lowest BCUT2D eigenvalue weighted by Gasteiger charge is -2.08. The number of hydrogen-bond donors (Lipinski definition) is 0. The molecule has 0 unspecified atom stereocenters. The minimum absolute atomic E-state index is 0.279. The van der Waals surface area contributed by atoms with Crippen molar-refractivity contribution in [2.45, 2.75) is 0 Å². The van der Waals surface area contributed by atoms with E-state index in [9.17, 15) is 4.79 Å². The van der Waals surface area contributed by atoms with Crippen LogP contribution in [0.15, 0.2) is 42.5 Å². The van der Waals surface area contributed by atoms with E-state index in [1.165, 1.54) is 7.11 Å². The zero-order valence-corrected chi connectivity index (χ0v) is 10.2. The Morgan fingerprint density at radius 3 is 2.56 bits per heavy atom. The summed E-state index contributed by atoms with van der Waals surface area (Å²) in [6.07, 6.45) is 0. The summed E-state index contributed by atoms with van der Waals surface area (Å²) in [6, 6.07) is 12.7. The van der Waals surface area contributed by atoms with Crippen molar-refractivity contribution < 1.29 is 14.3 Å². The summed E-state index contributed by atoms with van der Waals surface area (Å²) >= 11 is 0. The maximum absolute atomic E-state index is 11.4. The zero-order valence-electron chi connectivity index (χ0n) is 10.2. The molecule has 1 aromatic carbocycles. The summed E-state index contributed by atoms with van der Waals surface area (Å²) in [5.74, 6) is 0.263. The van der Waals surface area contributed by atoms with E-state index in [4.69, 9.17) is 4.74 Å². The maximum Gasteiger partial charge on any atom is 0.356 e.